The lowest BCUT2D eigenvalue weighted by Gasteiger charge is -2.09. The molecule has 0 spiro atoms. The number of para-hydroxylation sites is 1. The fraction of sp³-hybridized carbons (Fsp3) is 0.154. The first-order valence-corrected chi connectivity index (χ1v) is 6.09. The molecule has 0 radical (unpaired) electrons. The molecule has 0 aliphatic carbocycles. The van der Waals surface area contributed by atoms with Crippen molar-refractivity contribution >= 4 is 15.9 Å². The summed E-state index contributed by atoms with van der Waals surface area (Å²) in [7, 11) is 0. The smallest absolute Gasteiger partial charge is 0.250 e. The third kappa shape index (κ3) is 3.20. The molecule has 4 heteroatoms. The number of ether oxygens (including phenoxy) is 1. The molecule has 2 rings (SSSR count). The maximum atomic E-state index is 11.4. The van der Waals surface area contributed by atoms with E-state index in [1.165, 1.54) is 0 Å². The van der Waals surface area contributed by atoms with Crippen LogP contribution in [0.25, 0.3) is 0 Å². The maximum Gasteiger partial charge on any atom is 0.250 e. The van der Waals surface area contributed by atoms with E-state index in [9.17, 15) is 4.79 Å². The molecule has 0 fully saturated rings. The number of pyridine rings is 1. The fourth-order valence-electron chi connectivity index (χ4n) is 1.46. The van der Waals surface area contributed by atoms with Crippen molar-refractivity contribution in [2.75, 3.05) is 6.61 Å². The number of hydrogen-bond acceptors (Lipinski definition) is 2. The van der Waals surface area contributed by atoms with Crippen molar-refractivity contribution in [2.45, 2.75) is 6.54 Å². The Labute approximate surface area is 108 Å². The Hall–Kier alpha value is -1.55. The van der Waals surface area contributed by atoms with Gasteiger partial charge in [-0.2, -0.15) is 0 Å². The van der Waals surface area contributed by atoms with Gasteiger partial charge < -0.3 is 9.30 Å². The van der Waals surface area contributed by atoms with Crippen LogP contribution >= 0.6 is 15.9 Å². The van der Waals surface area contributed by atoms with Crippen molar-refractivity contribution in [3.63, 3.8) is 0 Å². The highest BCUT2D eigenvalue weighted by molar-refractivity contribution is 9.10. The molecule has 0 unspecified atom stereocenters. The molecule has 1 aromatic carbocycles. The highest BCUT2D eigenvalue weighted by Crippen LogP contribution is 2.23. The average molecular weight is 294 g/mol. The van der Waals surface area contributed by atoms with Crippen molar-refractivity contribution in [1.29, 1.82) is 0 Å². The Kier molecular flexibility index (Phi) is 3.98. The van der Waals surface area contributed by atoms with E-state index in [2.05, 4.69) is 15.9 Å². The third-order valence-electron chi connectivity index (χ3n) is 2.33. The molecular formula is C13H12BrNO2. The van der Waals surface area contributed by atoms with Gasteiger partial charge in [-0.25, -0.2) is 0 Å². The fourth-order valence-corrected chi connectivity index (χ4v) is 1.86. The summed E-state index contributed by atoms with van der Waals surface area (Å²) in [6.07, 6.45) is 1.76. The third-order valence-corrected chi connectivity index (χ3v) is 2.98. The van der Waals surface area contributed by atoms with Gasteiger partial charge in [0.05, 0.1) is 11.0 Å². The average Bonchev–Trinajstić information content (AvgIpc) is 2.34. The van der Waals surface area contributed by atoms with Crippen LogP contribution < -0.4 is 10.3 Å². The van der Waals surface area contributed by atoms with Crippen LogP contribution in [0.5, 0.6) is 5.75 Å². The molecule has 88 valence electrons. The summed E-state index contributed by atoms with van der Waals surface area (Å²) in [5, 5.41) is 0. The standard InChI is InChI=1S/C13H12BrNO2/c14-11-5-1-2-6-12(11)17-10-9-15-8-4-3-7-13(15)16/h1-8H,9-10H2. The number of benzene rings is 1. The predicted octanol–water partition coefficient (Wildman–Crippen LogP) is 2.69. The van der Waals surface area contributed by atoms with E-state index < -0.39 is 0 Å². The van der Waals surface area contributed by atoms with Crippen molar-refractivity contribution in [3.8, 4) is 5.75 Å². The summed E-state index contributed by atoms with van der Waals surface area (Å²) < 4.78 is 8.13. The van der Waals surface area contributed by atoms with Crippen molar-refractivity contribution in [1.82, 2.24) is 4.57 Å². The van der Waals surface area contributed by atoms with E-state index in [0.29, 0.717) is 13.2 Å². The van der Waals surface area contributed by atoms with Gasteiger partial charge in [-0.1, -0.05) is 18.2 Å². The molecule has 0 bridgehead atoms. The second-order valence-corrected chi connectivity index (χ2v) is 4.37. The molecule has 0 aliphatic heterocycles. The molecule has 0 saturated heterocycles. The van der Waals surface area contributed by atoms with Gasteiger partial charge in [-0.05, 0) is 34.1 Å². The summed E-state index contributed by atoms with van der Waals surface area (Å²) in [6.45, 7) is 1.01. The first-order chi connectivity index (χ1) is 8.27. The van der Waals surface area contributed by atoms with Crippen LogP contribution in [-0.4, -0.2) is 11.2 Å². The van der Waals surface area contributed by atoms with Gasteiger partial charge in [0.25, 0.3) is 5.56 Å². The van der Waals surface area contributed by atoms with Crippen LogP contribution in [0.3, 0.4) is 0 Å². The normalized spacial score (nSPS) is 10.2. The zero-order valence-electron chi connectivity index (χ0n) is 9.17. The minimum Gasteiger partial charge on any atom is -0.491 e. The topological polar surface area (TPSA) is 31.2 Å². The maximum absolute atomic E-state index is 11.4. The largest absolute Gasteiger partial charge is 0.491 e. The molecule has 0 atom stereocenters. The van der Waals surface area contributed by atoms with Gasteiger partial charge in [0.15, 0.2) is 0 Å². The van der Waals surface area contributed by atoms with Gasteiger partial charge in [-0.3, -0.25) is 4.79 Å². The van der Waals surface area contributed by atoms with Crippen LogP contribution in [0.1, 0.15) is 0 Å². The number of halogens is 1. The van der Waals surface area contributed by atoms with Crippen molar-refractivity contribution < 1.29 is 4.74 Å². The van der Waals surface area contributed by atoms with Crippen LogP contribution in [0, 0.1) is 0 Å². The van der Waals surface area contributed by atoms with E-state index in [1.807, 2.05) is 30.3 Å². The van der Waals surface area contributed by atoms with E-state index in [0.717, 1.165) is 10.2 Å². The molecule has 2 aromatic rings. The number of hydrogen-bond donors (Lipinski definition) is 0. The molecule has 17 heavy (non-hydrogen) atoms. The Balaban J connectivity index is 1.95. The minimum absolute atomic E-state index is 0.0109. The van der Waals surface area contributed by atoms with Gasteiger partial charge in [-0.15, -0.1) is 0 Å². The van der Waals surface area contributed by atoms with Crippen LogP contribution in [-0.2, 0) is 6.54 Å². The van der Waals surface area contributed by atoms with E-state index in [4.69, 9.17) is 4.74 Å². The number of aromatic nitrogens is 1. The van der Waals surface area contributed by atoms with Gasteiger partial charge in [0.2, 0.25) is 0 Å². The molecule has 1 heterocycles. The number of rotatable bonds is 4. The van der Waals surface area contributed by atoms with Gasteiger partial charge >= 0.3 is 0 Å². The summed E-state index contributed by atoms with van der Waals surface area (Å²) >= 11 is 3.40. The predicted molar refractivity (Wildman–Crippen MR) is 70.3 cm³/mol. The Bertz CT molecular complexity index is 551. The number of nitrogens with zero attached hydrogens (tertiary/aromatic N) is 1. The zero-order valence-corrected chi connectivity index (χ0v) is 10.8. The first-order valence-electron chi connectivity index (χ1n) is 5.30. The molecule has 0 N–H and O–H groups in total. The minimum atomic E-state index is -0.0109. The van der Waals surface area contributed by atoms with E-state index >= 15 is 0 Å². The van der Waals surface area contributed by atoms with Crippen molar-refractivity contribution in [3.05, 3.63) is 63.5 Å². The molecule has 0 saturated carbocycles. The second kappa shape index (κ2) is 5.68. The van der Waals surface area contributed by atoms with Crippen LogP contribution in [0.15, 0.2) is 57.9 Å². The molecule has 1 aromatic heterocycles. The summed E-state index contributed by atoms with van der Waals surface area (Å²) in [6, 6.07) is 12.8. The lowest BCUT2D eigenvalue weighted by atomic mass is 10.3. The van der Waals surface area contributed by atoms with Crippen LogP contribution in [0.2, 0.25) is 0 Å². The summed E-state index contributed by atoms with van der Waals surface area (Å²) in [4.78, 5) is 11.4. The molecular weight excluding hydrogens is 282 g/mol. The molecule has 3 nitrogen and oxygen atoms in total. The SMILES string of the molecule is O=c1ccccn1CCOc1ccccc1Br. The highest BCUT2D eigenvalue weighted by atomic mass is 79.9. The summed E-state index contributed by atoms with van der Waals surface area (Å²) in [5.74, 6) is 0.788. The quantitative estimate of drug-likeness (QED) is 0.868. The Morgan fingerprint density at radius 3 is 2.65 bits per heavy atom. The lowest BCUT2D eigenvalue weighted by molar-refractivity contribution is 0.294. The van der Waals surface area contributed by atoms with Gasteiger partial charge in [0.1, 0.15) is 12.4 Å². The van der Waals surface area contributed by atoms with E-state index in [-0.39, 0.29) is 5.56 Å². The second-order valence-electron chi connectivity index (χ2n) is 3.51. The molecule has 0 aliphatic rings. The van der Waals surface area contributed by atoms with Crippen LogP contribution in [0.4, 0.5) is 0 Å². The summed E-state index contributed by atoms with van der Waals surface area (Å²) in [5.41, 5.74) is -0.0109. The first kappa shape index (κ1) is 11.9. The lowest BCUT2D eigenvalue weighted by Crippen LogP contribution is -2.21. The van der Waals surface area contributed by atoms with Gasteiger partial charge in [0, 0.05) is 12.3 Å². The highest BCUT2D eigenvalue weighted by Gasteiger charge is 1.99. The van der Waals surface area contributed by atoms with E-state index in [1.54, 1.807) is 22.9 Å². The zero-order chi connectivity index (χ0) is 12.1. The Morgan fingerprint density at radius 1 is 1.12 bits per heavy atom. The monoisotopic (exact) mass is 293 g/mol. The van der Waals surface area contributed by atoms with Crippen molar-refractivity contribution in [2.24, 2.45) is 0 Å². The Morgan fingerprint density at radius 2 is 1.88 bits per heavy atom. The molecule has 0 amide bonds.